The summed E-state index contributed by atoms with van der Waals surface area (Å²) in [6.45, 7) is 3.29. The first-order chi connectivity index (χ1) is 14.5. The molecule has 1 N–H and O–H groups in total. The zero-order valence-electron chi connectivity index (χ0n) is 17.6. The summed E-state index contributed by atoms with van der Waals surface area (Å²) < 4.78 is 26.2. The average Bonchev–Trinajstić information content (AvgIpc) is 2.74. The van der Waals surface area contributed by atoms with Crippen molar-refractivity contribution in [2.75, 3.05) is 26.8 Å². The van der Waals surface area contributed by atoms with Crippen molar-refractivity contribution in [3.8, 4) is 11.1 Å². The number of carbonyl (C=O) groups is 1. The number of unbranched alkanes of at least 4 members (excludes halogenated alkanes) is 1. The van der Waals surface area contributed by atoms with Crippen molar-refractivity contribution in [2.24, 2.45) is 0 Å². The van der Waals surface area contributed by atoms with E-state index < -0.39 is 6.09 Å². The van der Waals surface area contributed by atoms with E-state index in [1.807, 2.05) is 37.3 Å². The smallest absolute Gasteiger partial charge is 0.407 e. The molecule has 0 radical (unpaired) electrons. The Bertz CT molecular complexity index is 857. The fourth-order valence-corrected chi connectivity index (χ4v) is 4.08. The summed E-state index contributed by atoms with van der Waals surface area (Å²) in [5.74, 6) is -0.246. The number of hydrogen-bond donors (Lipinski definition) is 1. The highest BCUT2D eigenvalue weighted by Crippen LogP contribution is 2.35. The zero-order chi connectivity index (χ0) is 21.5. The number of ether oxygens (including phenoxy) is 2. The summed E-state index contributed by atoms with van der Waals surface area (Å²) in [5.41, 5.74) is 3.39. The Morgan fingerprint density at radius 2 is 2.10 bits per heavy atom. The van der Waals surface area contributed by atoms with Gasteiger partial charge in [-0.05, 0) is 37.0 Å². The van der Waals surface area contributed by atoms with Crippen LogP contribution in [0.1, 0.15) is 42.9 Å². The molecule has 6 heteroatoms. The van der Waals surface area contributed by atoms with Crippen molar-refractivity contribution in [3.05, 3.63) is 59.4 Å². The molecule has 3 rings (SSSR count). The predicted molar refractivity (Wildman–Crippen MR) is 114 cm³/mol. The molecule has 2 atom stereocenters. The summed E-state index contributed by atoms with van der Waals surface area (Å²) in [6, 6.07) is 13.0. The molecular formula is C24H30FNO4. The van der Waals surface area contributed by atoms with Crippen LogP contribution < -0.4 is 0 Å². The lowest BCUT2D eigenvalue weighted by Gasteiger charge is -2.31. The molecule has 2 unspecified atom stereocenters. The second-order valence-electron chi connectivity index (χ2n) is 7.80. The van der Waals surface area contributed by atoms with Crippen molar-refractivity contribution in [1.82, 2.24) is 4.90 Å². The molecule has 0 spiro atoms. The van der Waals surface area contributed by atoms with E-state index in [2.05, 4.69) is 0 Å². The number of benzene rings is 2. The maximum absolute atomic E-state index is 14.8. The first-order valence-electron chi connectivity index (χ1n) is 10.5. The number of amides is 1. The summed E-state index contributed by atoms with van der Waals surface area (Å²) >= 11 is 0. The highest BCUT2D eigenvalue weighted by atomic mass is 19.1. The Morgan fingerprint density at radius 1 is 1.30 bits per heavy atom. The van der Waals surface area contributed by atoms with Crippen molar-refractivity contribution in [1.29, 1.82) is 0 Å². The van der Waals surface area contributed by atoms with E-state index in [1.54, 1.807) is 13.2 Å². The molecule has 0 aliphatic carbocycles. The normalized spacial score (nSPS) is 17.7. The quantitative estimate of drug-likeness (QED) is 0.584. The van der Waals surface area contributed by atoms with Crippen LogP contribution in [0.2, 0.25) is 0 Å². The number of halogens is 1. The van der Waals surface area contributed by atoms with Gasteiger partial charge in [0.25, 0.3) is 0 Å². The number of carboxylic acid groups (broad SMARTS) is 1. The van der Waals surface area contributed by atoms with Crippen LogP contribution in [0.4, 0.5) is 9.18 Å². The number of hydrogen-bond acceptors (Lipinski definition) is 3. The highest BCUT2D eigenvalue weighted by Gasteiger charge is 2.24. The van der Waals surface area contributed by atoms with Gasteiger partial charge in [0.2, 0.25) is 0 Å². The second kappa shape index (κ2) is 10.5. The molecule has 1 saturated heterocycles. The molecule has 5 nitrogen and oxygen atoms in total. The van der Waals surface area contributed by atoms with Gasteiger partial charge in [0, 0.05) is 19.2 Å². The number of aryl methyl sites for hydroxylation is 1. The number of rotatable bonds is 8. The average molecular weight is 416 g/mol. The van der Waals surface area contributed by atoms with Crippen LogP contribution in [0.5, 0.6) is 0 Å². The van der Waals surface area contributed by atoms with Crippen molar-refractivity contribution < 1.29 is 23.8 Å². The summed E-state index contributed by atoms with van der Waals surface area (Å²) in [7, 11) is 1.66. The molecule has 0 saturated carbocycles. The molecule has 162 valence electrons. The van der Waals surface area contributed by atoms with Crippen LogP contribution in [0.25, 0.3) is 11.1 Å². The minimum atomic E-state index is -0.891. The second-order valence-corrected chi connectivity index (χ2v) is 7.80. The Morgan fingerprint density at radius 3 is 2.83 bits per heavy atom. The van der Waals surface area contributed by atoms with Gasteiger partial charge < -0.3 is 19.5 Å². The third-order valence-corrected chi connectivity index (χ3v) is 5.64. The third kappa shape index (κ3) is 5.58. The zero-order valence-corrected chi connectivity index (χ0v) is 17.6. The van der Waals surface area contributed by atoms with E-state index in [-0.39, 0.29) is 18.0 Å². The maximum atomic E-state index is 14.8. The largest absolute Gasteiger partial charge is 0.465 e. The monoisotopic (exact) mass is 415 g/mol. The fraction of sp³-hybridized carbons (Fsp3) is 0.458. The summed E-state index contributed by atoms with van der Waals surface area (Å²) in [6.07, 6.45) is 2.18. The predicted octanol–water partition coefficient (Wildman–Crippen LogP) is 5.43. The molecule has 30 heavy (non-hydrogen) atoms. The van der Waals surface area contributed by atoms with Gasteiger partial charge >= 0.3 is 6.09 Å². The highest BCUT2D eigenvalue weighted by molar-refractivity contribution is 5.69. The van der Waals surface area contributed by atoms with Crippen LogP contribution >= 0.6 is 0 Å². The minimum Gasteiger partial charge on any atom is -0.465 e. The Kier molecular flexibility index (Phi) is 7.82. The van der Waals surface area contributed by atoms with Crippen LogP contribution in [0, 0.1) is 12.7 Å². The van der Waals surface area contributed by atoms with Gasteiger partial charge in [-0.25, -0.2) is 9.18 Å². The molecule has 2 aromatic carbocycles. The minimum absolute atomic E-state index is 0.0622. The number of methoxy groups -OCH3 is 1. The van der Waals surface area contributed by atoms with Gasteiger partial charge in [-0.1, -0.05) is 54.8 Å². The molecule has 0 aromatic heterocycles. The van der Waals surface area contributed by atoms with Crippen molar-refractivity contribution >= 4 is 6.09 Å². The van der Waals surface area contributed by atoms with E-state index in [9.17, 15) is 9.18 Å². The number of nitrogens with zero attached hydrogens (tertiary/aromatic N) is 1. The van der Waals surface area contributed by atoms with Crippen molar-refractivity contribution in [3.63, 3.8) is 0 Å². The molecule has 1 heterocycles. The molecule has 1 fully saturated rings. The lowest BCUT2D eigenvalue weighted by atomic mass is 9.92. The Hall–Kier alpha value is -2.44. The lowest BCUT2D eigenvalue weighted by Crippen LogP contribution is -2.44. The molecule has 1 amide bonds. The summed E-state index contributed by atoms with van der Waals surface area (Å²) in [5, 5.41) is 9.14. The van der Waals surface area contributed by atoms with Gasteiger partial charge in [-0.15, -0.1) is 0 Å². The first-order valence-corrected chi connectivity index (χ1v) is 10.5. The van der Waals surface area contributed by atoms with E-state index >= 15 is 0 Å². The van der Waals surface area contributed by atoms with Crippen LogP contribution in [-0.4, -0.2) is 49.0 Å². The summed E-state index contributed by atoms with van der Waals surface area (Å²) in [4.78, 5) is 12.5. The first kappa shape index (κ1) is 22.2. The standard InChI is InChI=1S/C24H30FNO4/c1-17-7-5-8-18(15-17)23-20(10-6-11-21(23)25)22(29-2)12-4-3-9-19-16-26(24(27)28)13-14-30-19/h5-8,10-11,15,19,22H,3-4,9,12-14,16H2,1-2H3,(H,27,28). The topological polar surface area (TPSA) is 59.0 Å². The van der Waals surface area contributed by atoms with E-state index in [4.69, 9.17) is 14.6 Å². The number of morpholine rings is 1. The van der Waals surface area contributed by atoms with Crippen LogP contribution in [0.3, 0.4) is 0 Å². The van der Waals surface area contributed by atoms with Gasteiger partial charge in [-0.2, -0.15) is 0 Å². The molecular weight excluding hydrogens is 385 g/mol. The van der Waals surface area contributed by atoms with Gasteiger partial charge in [-0.3, -0.25) is 0 Å². The Labute approximate surface area is 177 Å². The SMILES string of the molecule is COC(CCCCC1CN(C(=O)O)CCO1)c1cccc(F)c1-c1cccc(C)c1. The molecule has 1 aliphatic heterocycles. The molecule has 0 bridgehead atoms. The van der Waals surface area contributed by atoms with E-state index in [0.29, 0.717) is 25.3 Å². The van der Waals surface area contributed by atoms with Crippen molar-refractivity contribution in [2.45, 2.75) is 44.8 Å². The van der Waals surface area contributed by atoms with E-state index in [0.717, 1.165) is 42.4 Å². The lowest BCUT2D eigenvalue weighted by molar-refractivity contribution is -0.0267. The van der Waals surface area contributed by atoms with Crippen LogP contribution in [0.15, 0.2) is 42.5 Å². The fourth-order valence-electron chi connectivity index (χ4n) is 4.08. The molecule has 2 aromatic rings. The maximum Gasteiger partial charge on any atom is 0.407 e. The van der Waals surface area contributed by atoms with Gasteiger partial charge in [0.1, 0.15) is 5.82 Å². The van der Waals surface area contributed by atoms with E-state index in [1.165, 1.54) is 11.0 Å². The van der Waals surface area contributed by atoms with Crippen LogP contribution in [-0.2, 0) is 9.47 Å². The third-order valence-electron chi connectivity index (χ3n) is 5.64. The van der Waals surface area contributed by atoms with Gasteiger partial charge in [0.15, 0.2) is 0 Å². The molecule has 1 aliphatic rings. The Balaban J connectivity index is 1.63. The van der Waals surface area contributed by atoms with Gasteiger partial charge in [0.05, 0.1) is 25.4 Å².